The summed E-state index contributed by atoms with van der Waals surface area (Å²) >= 11 is 0. The second-order valence-electron chi connectivity index (χ2n) is 6.93. The minimum atomic E-state index is -3.32. The van der Waals surface area contributed by atoms with Crippen molar-refractivity contribution < 1.29 is 22.9 Å². The molecule has 0 unspecified atom stereocenters. The van der Waals surface area contributed by atoms with Crippen LogP contribution in [0, 0.1) is 10.1 Å². The van der Waals surface area contributed by atoms with Crippen LogP contribution < -0.4 is 4.74 Å². The van der Waals surface area contributed by atoms with E-state index in [-0.39, 0.29) is 41.7 Å². The molecule has 1 fully saturated rings. The number of carbonyl (C=O) groups excluding carboxylic acids is 1. The fourth-order valence-corrected chi connectivity index (χ4v) is 5.31. The average Bonchev–Trinajstić information content (AvgIpc) is 2.73. The lowest BCUT2D eigenvalue weighted by atomic mass is 10.1. The van der Waals surface area contributed by atoms with Crippen LogP contribution in [0.15, 0.2) is 48.5 Å². The highest BCUT2D eigenvalue weighted by Crippen LogP contribution is 2.29. The second kappa shape index (κ2) is 8.60. The van der Waals surface area contributed by atoms with Crippen molar-refractivity contribution in [2.45, 2.75) is 23.8 Å². The summed E-state index contributed by atoms with van der Waals surface area (Å²) in [6.07, 6.45) is 0.693. The molecule has 0 aromatic heterocycles. The first kappa shape index (κ1) is 20.8. The van der Waals surface area contributed by atoms with Gasteiger partial charge in [0.1, 0.15) is 0 Å². The normalized spacial score (nSPS) is 15.1. The zero-order valence-corrected chi connectivity index (χ0v) is 16.8. The van der Waals surface area contributed by atoms with Gasteiger partial charge in [0.2, 0.25) is 0 Å². The summed E-state index contributed by atoms with van der Waals surface area (Å²) in [6, 6.07) is 13.1. The van der Waals surface area contributed by atoms with Crippen LogP contribution in [0.4, 0.5) is 5.69 Å². The number of nitro benzene ring substituents is 1. The monoisotopic (exact) mass is 418 g/mol. The van der Waals surface area contributed by atoms with Gasteiger partial charge in [0, 0.05) is 24.7 Å². The minimum Gasteiger partial charge on any atom is -0.490 e. The van der Waals surface area contributed by atoms with Gasteiger partial charge in [-0.2, -0.15) is 0 Å². The van der Waals surface area contributed by atoms with E-state index in [1.165, 1.54) is 25.3 Å². The number of nitrogens with zero attached hydrogens (tertiary/aromatic N) is 2. The number of hydrogen-bond donors (Lipinski definition) is 0. The van der Waals surface area contributed by atoms with Crippen LogP contribution in [0.25, 0.3) is 0 Å². The number of sulfone groups is 1. The molecule has 8 nitrogen and oxygen atoms in total. The van der Waals surface area contributed by atoms with Crippen molar-refractivity contribution in [2.75, 3.05) is 20.2 Å². The SMILES string of the molecule is COc1ccc(C(=O)N2CCC(S(=O)(=O)Cc3ccccc3)CC2)cc1[N+](=O)[O-]. The molecule has 0 radical (unpaired) electrons. The molecule has 0 bridgehead atoms. The number of piperidine rings is 1. The highest BCUT2D eigenvalue weighted by molar-refractivity contribution is 7.91. The predicted molar refractivity (Wildman–Crippen MR) is 108 cm³/mol. The highest BCUT2D eigenvalue weighted by atomic mass is 32.2. The molecule has 1 heterocycles. The van der Waals surface area contributed by atoms with Crippen molar-refractivity contribution in [3.05, 3.63) is 69.8 Å². The van der Waals surface area contributed by atoms with Crippen LogP contribution in [0.2, 0.25) is 0 Å². The van der Waals surface area contributed by atoms with Gasteiger partial charge in [-0.1, -0.05) is 30.3 Å². The lowest BCUT2D eigenvalue weighted by Crippen LogP contribution is -2.42. The van der Waals surface area contributed by atoms with Crippen LogP contribution in [-0.4, -0.2) is 49.6 Å². The van der Waals surface area contributed by atoms with E-state index in [0.29, 0.717) is 12.8 Å². The molecule has 29 heavy (non-hydrogen) atoms. The molecule has 0 spiro atoms. The van der Waals surface area contributed by atoms with Crippen molar-refractivity contribution >= 4 is 21.4 Å². The van der Waals surface area contributed by atoms with E-state index < -0.39 is 20.0 Å². The molecule has 1 aliphatic rings. The molecule has 2 aromatic carbocycles. The van der Waals surface area contributed by atoms with Crippen molar-refractivity contribution in [3.63, 3.8) is 0 Å². The van der Waals surface area contributed by atoms with Crippen LogP contribution in [0.5, 0.6) is 5.75 Å². The summed E-state index contributed by atoms with van der Waals surface area (Å²) in [4.78, 5) is 24.8. The molecule has 1 amide bonds. The van der Waals surface area contributed by atoms with Crippen LogP contribution in [0.1, 0.15) is 28.8 Å². The summed E-state index contributed by atoms with van der Waals surface area (Å²) in [5.41, 5.74) is 0.651. The maximum atomic E-state index is 12.7. The van der Waals surface area contributed by atoms with E-state index in [4.69, 9.17) is 4.74 Å². The molecule has 0 saturated carbocycles. The van der Waals surface area contributed by atoms with E-state index in [1.54, 1.807) is 29.2 Å². The van der Waals surface area contributed by atoms with Gasteiger partial charge in [-0.05, 0) is 30.5 Å². The van der Waals surface area contributed by atoms with Gasteiger partial charge in [-0.3, -0.25) is 14.9 Å². The maximum absolute atomic E-state index is 12.7. The van der Waals surface area contributed by atoms with E-state index in [2.05, 4.69) is 0 Å². The van der Waals surface area contributed by atoms with Crippen LogP contribution in [0.3, 0.4) is 0 Å². The molecular formula is C20H22N2O6S. The zero-order chi connectivity index (χ0) is 21.0. The lowest BCUT2D eigenvalue weighted by molar-refractivity contribution is -0.385. The summed E-state index contributed by atoms with van der Waals surface area (Å²) in [5.74, 6) is -0.288. The van der Waals surface area contributed by atoms with Crippen molar-refractivity contribution in [2.24, 2.45) is 0 Å². The predicted octanol–water partition coefficient (Wildman–Crippen LogP) is 2.82. The standard InChI is InChI=1S/C20H22N2O6S/c1-28-19-8-7-16(13-18(19)22(24)25)20(23)21-11-9-17(10-12-21)29(26,27)14-15-5-3-2-4-6-15/h2-8,13,17H,9-12,14H2,1H3. The first-order chi connectivity index (χ1) is 13.8. The fraction of sp³-hybridized carbons (Fsp3) is 0.350. The van der Waals surface area contributed by atoms with Gasteiger partial charge in [-0.15, -0.1) is 0 Å². The van der Waals surface area contributed by atoms with Crippen molar-refractivity contribution in [1.29, 1.82) is 0 Å². The molecule has 154 valence electrons. The Morgan fingerprint density at radius 1 is 1.17 bits per heavy atom. The van der Waals surface area contributed by atoms with E-state index in [1.807, 2.05) is 6.07 Å². The number of methoxy groups -OCH3 is 1. The summed E-state index contributed by atoms with van der Waals surface area (Å²) in [7, 11) is -2.00. The third-order valence-electron chi connectivity index (χ3n) is 5.07. The van der Waals surface area contributed by atoms with Gasteiger partial charge >= 0.3 is 5.69 Å². The first-order valence-electron chi connectivity index (χ1n) is 9.19. The van der Waals surface area contributed by atoms with Gasteiger partial charge in [0.25, 0.3) is 5.91 Å². The van der Waals surface area contributed by atoms with Crippen molar-refractivity contribution in [1.82, 2.24) is 4.90 Å². The Hall–Kier alpha value is -2.94. The molecule has 1 aliphatic heterocycles. The molecule has 0 atom stereocenters. The molecule has 3 rings (SSSR count). The van der Waals surface area contributed by atoms with Crippen molar-refractivity contribution in [3.8, 4) is 5.75 Å². The van der Waals surface area contributed by atoms with Gasteiger partial charge in [0.15, 0.2) is 15.6 Å². The van der Waals surface area contributed by atoms with Gasteiger partial charge in [-0.25, -0.2) is 8.42 Å². The smallest absolute Gasteiger partial charge is 0.311 e. The van der Waals surface area contributed by atoms with Gasteiger partial charge in [0.05, 0.1) is 23.0 Å². The number of likely N-dealkylation sites (tertiary alicyclic amines) is 1. The third kappa shape index (κ3) is 4.73. The quantitative estimate of drug-likeness (QED) is 0.527. The van der Waals surface area contributed by atoms with Crippen LogP contribution >= 0.6 is 0 Å². The number of rotatable bonds is 6. The fourth-order valence-electron chi connectivity index (χ4n) is 3.49. The zero-order valence-electron chi connectivity index (χ0n) is 16.0. The highest BCUT2D eigenvalue weighted by Gasteiger charge is 2.32. The number of benzene rings is 2. The number of amides is 1. The van der Waals surface area contributed by atoms with Crippen LogP contribution in [-0.2, 0) is 15.6 Å². The molecule has 0 aliphatic carbocycles. The Labute approximate surface area is 169 Å². The summed E-state index contributed by atoms with van der Waals surface area (Å²) < 4.78 is 30.4. The average molecular weight is 418 g/mol. The largest absolute Gasteiger partial charge is 0.490 e. The number of hydrogen-bond acceptors (Lipinski definition) is 6. The Bertz CT molecular complexity index is 999. The summed E-state index contributed by atoms with van der Waals surface area (Å²) in [5, 5.41) is 10.7. The Kier molecular flexibility index (Phi) is 6.17. The molecule has 2 aromatic rings. The molecule has 9 heteroatoms. The molecule has 0 N–H and O–H groups in total. The molecule has 1 saturated heterocycles. The Morgan fingerprint density at radius 3 is 2.41 bits per heavy atom. The van der Waals surface area contributed by atoms with Gasteiger partial charge < -0.3 is 9.64 Å². The number of carbonyl (C=O) groups is 1. The Morgan fingerprint density at radius 2 is 1.83 bits per heavy atom. The van der Waals surface area contributed by atoms with E-state index in [0.717, 1.165) is 5.56 Å². The minimum absolute atomic E-state index is 0.0167. The lowest BCUT2D eigenvalue weighted by Gasteiger charge is -2.31. The topological polar surface area (TPSA) is 107 Å². The third-order valence-corrected chi connectivity index (χ3v) is 7.29. The maximum Gasteiger partial charge on any atom is 0.311 e. The number of ether oxygens (including phenoxy) is 1. The molecular weight excluding hydrogens is 396 g/mol. The van der Waals surface area contributed by atoms with E-state index >= 15 is 0 Å². The second-order valence-corrected chi connectivity index (χ2v) is 9.21. The Balaban J connectivity index is 1.67. The first-order valence-corrected chi connectivity index (χ1v) is 10.9. The summed E-state index contributed by atoms with van der Waals surface area (Å²) in [6.45, 7) is 0.578. The number of nitro groups is 1. The van der Waals surface area contributed by atoms with E-state index in [9.17, 15) is 23.3 Å².